The first-order valence-corrected chi connectivity index (χ1v) is 10.0. The van der Waals surface area contributed by atoms with E-state index >= 15 is 0 Å². The number of benzene rings is 1. The van der Waals surface area contributed by atoms with Gasteiger partial charge in [0, 0.05) is 45.8 Å². The number of aromatic nitrogens is 3. The Morgan fingerprint density at radius 3 is 2.78 bits per heavy atom. The summed E-state index contributed by atoms with van der Waals surface area (Å²) in [7, 11) is 0. The molecule has 0 atom stereocenters. The quantitative estimate of drug-likeness (QED) is 0.672. The number of carbonyl (C=O) groups excluding carboxylic acids is 1. The average Bonchev–Trinajstić information content (AvgIpc) is 3.07. The van der Waals surface area contributed by atoms with Gasteiger partial charge in [0.25, 0.3) is 5.91 Å². The average molecular weight is 425 g/mol. The van der Waals surface area contributed by atoms with E-state index in [-0.39, 0.29) is 5.91 Å². The van der Waals surface area contributed by atoms with Crippen molar-refractivity contribution in [2.24, 2.45) is 0 Å². The second-order valence-corrected chi connectivity index (χ2v) is 7.62. The number of rotatable bonds is 5. The fourth-order valence-corrected chi connectivity index (χ4v) is 4.00. The maximum absolute atomic E-state index is 12.3. The molecule has 1 aromatic carbocycles. The number of amides is 1. The van der Waals surface area contributed by atoms with Gasteiger partial charge < -0.3 is 5.32 Å². The lowest BCUT2D eigenvalue weighted by molar-refractivity contribution is 0.0951. The molecule has 0 spiro atoms. The summed E-state index contributed by atoms with van der Waals surface area (Å²) in [5.41, 5.74) is 5.49. The molecule has 0 aliphatic heterocycles. The molecule has 2 heterocycles. The van der Waals surface area contributed by atoms with E-state index in [4.69, 9.17) is 5.10 Å². The molecule has 0 unspecified atom stereocenters. The van der Waals surface area contributed by atoms with Gasteiger partial charge in [0.2, 0.25) is 0 Å². The largest absolute Gasteiger partial charge is 0.350 e. The highest BCUT2D eigenvalue weighted by Gasteiger charge is 2.21. The Bertz CT molecular complexity index is 952. The van der Waals surface area contributed by atoms with E-state index in [9.17, 15) is 4.79 Å². The van der Waals surface area contributed by atoms with Gasteiger partial charge in [-0.1, -0.05) is 22.0 Å². The summed E-state index contributed by atoms with van der Waals surface area (Å²) in [4.78, 5) is 16.4. The van der Waals surface area contributed by atoms with Crippen LogP contribution in [0, 0.1) is 0 Å². The molecule has 0 fully saturated rings. The van der Waals surface area contributed by atoms with E-state index in [1.54, 1.807) is 0 Å². The summed E-state index contributed by atoms with van der Waals surface area (Å²) in [6.07, 6.45) is 8.13. The molecule has 138 valence electrons. The molecular formula is C21H21BrN4O. The lowest BCUT2D eigenvalue weighted by atomic mass is 9.94. The summed E-state index contributed by atoms with van der Waals surface area (Å²) in [5.74, 6) is -0.0633. The number of pyridine rings is 1. The number of hydrogen-bond donors (Lipinski definition) is 1. The molecule has 4 rings (SSSR count). The SMILES string of the molecule is O=C(NCCn1nc(-c2ccncc2)c2c1CCCC2)c1cccc(Br)c1. The molecule has 0 radical (unpaired) electrons. The highest BCUT2D eigenvalue weighted by molar-refractivity contribution is 9.10. The maximum Gasteiger partial charge on any atom is 0.251 e. The summed E-state index contributed by atoms with van der Waals surface area (Å²) < 4.78 is 2.98. The van der Waals surface area contributed by atoms with Gasteiger partial charge >= 0.3 is 0 Å². The monoisotopic (exact) mass is 424 g/mol. The van der Waals surface area contributed by atoms with Gasteiger partial charge in [-0.3, -0.25) is 14.5 Å². The standard InChI is InChI=1S/C21H21BrN4O/c22-17-5-3-4-16(14-17)21(27)24-12-13-26-19-7-2-1-6-18(19)20(25-26)15-8-10-23-11-9-15/h3-5,8-11,14H,1-2,6-7,12-13H2,(H,24,27). The smallest absolute Gasteiger partial charge is 0.251 e. The Kier molecular flexibility index (Phi) is 5.34. The van der Waals surface area contributed by atoms with Crippen LogP contribution in [0.5, 0.6) is 0 Å². The molecule has 1 N–H and O–H groups in total. The van der Waals surface area contributed by atoms with Crippen molar-refractivity contribution in [2.75, 3.05) is 6.54 Å². The molecule has 1 aliphatic rings. The van der Waals surface area contributed by atoms with Gasteiger partial charge in [-0.25, -0.2) is 0 Å². The highest BCUT2D eigenvalue weighted by atomic mass is 79.9. The topological polar surface area (TPSA) is 59.8 Å². The summed E-state index contributed by atoms with van der Waals surface area (Å²) in [6, 6.07) is 11.4. The third kappa shape index (κ3) is 3.95. The molecule has 1 aliphatic carbocycles. The Labute approximate surface area is 167 Å². The van der Waals surface area contributed by atoms with Crippen LogP contribution >= 0.6 is 15.9 Å². The molecule has 27 heavy (non-hydrogen) atoms. The molecule has 0 bridgehead atoms. The van der Waals surface area contributed by atoms with Gasteiger partial charge in [0.05, 0.1) is 12.2 Å². The third-order valence-electron chi connectivity index (χ3n) is 4.91. The van der Waals surface area contributed by atoms with Crippen LogP contribution in [0.3, 0.4) is 0 Å². The van der Waals surface area contributed by atoms with Crippen LogP contribution in [0.1, 0.15) is 34.5 Å². The maximum atomic E-state index is 12.3. The van der Waals surface area contributed by atoms with Crippen molar-refractivity contribution in [2.45, 2.75) is 32.2 Å². The second kappa shape index (κ2) is 8.05. The molecule has 6 heteroatoms. The number of nitrogens with one attached hydrogen (secondary N) is 1. The van der Waals surface area contributed by atoms with Gasteiger partial charge in [-0.05, 0) is 56.0 Å². The first-order valence-electron chi connectivity index (χ1n) is 9.25. The van der Waals surface area contributed by atoms with Crippen molar-refractivity contribution in [1.82, 2.24) is 20.1 Å². The lowest BCUT2D eigenvalue weighted by Crippen LogP contribution is -2.28. The molecular weight excluding hydrogens is 404 g/mol. The molecule has 1 amide bonds. The van der Waals surface area contributed by atoms with E-state index in [0.29, 0.717) is 18.7 Å². The zero-order chi connectivity index (χ0) is 18.6. The van der Waals surface area contributed by atoms with E-state index in [2.05, 4.69) is 30.9 Å². The first-order chi connectivity index (χ1) is 13.2. The fourth-order valence-electron chi connectivity index (χ4n) is 3.60. The zero-order valence-electron chi connectivity index (χ0n) is 15.0. The minimum Gasteiger partial charge on any atom is -0.350 e. The van der Waals surface area contributed by atoms with Crippen molar-refractivity contribution in [1.29, 1.82) is 0 Å². The lowest BCUT2D eigenvalue weighted by Gasteiger charge is -2.14. The van der Waals surface area contributed by atoms with Gasteiger partial charge in [0.1, 0.15) is 0 Å². The van der Waals surface area contributed by atoms with E-state index in [1.165, 1.54) is 24.1 Å². The highest BCUT2D eigenvalue weighted by Crippen LogP contribution is 2.30. The van der Waals surface area contributed by atoms with Crippen LogP contribution < -0.4 is 5.32 Å². The third-order valence-corrected chi connectivity index (χ3v) is 5.40. The molecule has 5 nitrogen and oxygen atoms in total. The Hall–Kier alpha value is -2.47. The van der Waals surface area contributed by atoms with Crippen LogP contribution in [0.2, 0.25) is 0 Å². The predicted molar refractivity (Wildman–Crippen MR) is 109 cm³/mol. The molecule has 0 saturated carbocycles. The molecule has 3 aromatic rings. The number of nitrogens with zero attached hydrogens (tertiary/aromatic N) is 3. The van der Waals surface area contributed by atoms with Gasteiger partial charge in [0.15, 0.2) is 0 Å². The summed E-state index contributed by atoms with van der Waals surface area (Å²) in [6.45, 7) is 1.22. The number of halogens is 1. The van der Waals surface area contributed by atoms with Gasteiger partial charge in [-0.15, -0.1) is 0 Å². The summed E-state index contributed by atoms with van der Waals surface area (Å²) >= 11 is 3.40. The minimum absolute atomic E-state index is 0.0633. The van der Waals surface area contributed by atoms with Crippen molar-refractivity contribution < 1.29 is 4.79 Å². The number of carbonyl (C=O) groups is 1. The van der Waals surface area contributed by atoms with Gasteiger partial charge in [-0.2, -0.15) is 5.10 Å². The molecule has 2 aromatic heterocycles. The molecule has 0 saturated heterocycles. The predicted octanol–water partition coefficient (Wildman–Crippen LogP) is 4.02. The van der Waals surface area contributed by atoms with Crippen LogP contribution in [0.25, 0.3) is 11.3 Å². The van der Waals surface area contributed by atoms with Crippen LogP contribution in [0.15, 0.2) is 53.3 Å². The van der Waals surface area contributed by atoms with Crippen LogP contribution in [-0.2, 0) is 19.4 Å². The number of fused-ring (bicyclic) bond motifs is 1. The van der Waals surface area contributed by atoms with Crippen LogP contribution in [-0.4, -0.2) is 27.2 Å². The fraction of sp³-hybridized carbons (Fsp3) is 0.286. The van der Waals surface area contributed by atoms with E-state index < -0.39 is 0 Å². The Morgan fingerprint density at radius 2 is 1.96 bits per heavy atom. The second-order valence-electron chi connectivity index (χ2n) is 6.71. The van der Waals surface area contributed by atoms with E-state index in [1.807, 2.05) is 48.8 Å². The first kappa shape index (κ1) is 17.9. The zero-order valence-corrected chi connectivity index (χ0v) is 16.6. The van der Waals surface area contributed by atoms with Crippen molar-refractivity contribution in [3.63, 3.8) is 0 Å². The number of hydrogen-bond acceptors (Lipinski definition) is 3. The summed E-state index contributed by atoms with van der Waals surface area (Å²) in [5, 5.41) is 7.88. The van der Waals surface area contributed by atoms with E-state index in [0.717, 1.165) is 28.6 Å². The van der Waals surface area contributed by atoms with Crippen LogP contribution in [0.4, 0.5) is 0 Å². The van der Waals surface area contributed by atoms with Crippen molar-refractivity contribution >= 4 is 21.8 Å². The normalized spacial score (nSPS) is 13.2. The Morgan fingerprint density at radius 1 is 1.15 bits per heavy atom. The Balaban J connectivity index is 1.49. The van der Waals surface area contributed by atoms with Crippen molar-refractivity contribution in [3.8, 4) is 11.3 Å². The minimum atomic E-state index is -0.0633. The van der Waals surface area contributed by atoms with Crippen molar-refractivity contribution in [3.05, 3.63) is 70.1 Å².